The lowest BCUT2D eigenvalue weighted by Crippen LogP contribution is -2.50. The second-order valence-corrected chi connectivity index (χ2v) is 13.6. The molecule has 0 aliphatic heterocycles. The summed E-state index contributed by atoms with van der Waals surface area (Å²) in [7, 11) is 0. The Kier molecular flexibility index (Phi) is 10.8. The van der Waals surface area contributed by atoms with E-state index in [9.17, 15) is 29.4 Å². The van der Waals surface area contributed by atoms with Crippen molar-refractivity contribution in [2.75, 3.05) is 0 Å². The molecule has 3 rings (SSSR count). The van der Waals surface area contributed by atoms with Crippen molar-refractivity contribution in [3.05, 3.63) is 70.8 Å². The topological polar surface area (TPSA) is 133 Å². The fourth-order valence-electron chi connectivity index (χ4n) is 5.35. The second kappa shape index (κ2) is 13.7. The third-order valence-electron chi connectivity index (χ3n) is 8.12. The molecule has 228 valence electrons. The Hall–Kier alpha value is -3.36. The fraction of sp³-hybridized carbons (Fsp3) is 0.529. The molecule has 1 aliphatic carbocycles. The zero-order valence-corrected chi connectivity index (χ0v) is 25.7. The number of carbonyl (C=O) groups excluding carboxylic acids is 2. The molecule has 0 aromatic heterocycles. The van der Waals surface area contributed by atoms with E-state index in [1.807, 2.05) is 24.3 Å². The number of rotatable bonds is 12. The van der Waals surface area contributed by atoms with E-state index in [2.05, 4.69) is 52.2 Å². The summed E-state index contributed by atoms with van der Waals surface area (Å²) in [6.45, 7) is 12.5. The lowest BCUT2D eigenvalue weighted by atomic mass is 9.86. The van der Waals surface area contributed by atoms with Crippen molar-refractivity contribution in [2.45, 2.75) is 115 Å². The van der Waals surface area contributed by atoms with Gasteiger partial charge >= 0.3 is 11.9 Å². The summed E-state index contributed by atoms with van der Waals surface area (Å²) in [6, 6.07) is 12.4. The molecule has 0 spiro atoms. The highest BCUT2D eigenvalue weighted by Crippen LogP contribution is 2.25. The molecule has 8 heteroatoms. The van der Waals surface area contributed by atoms with Crippen LogP contribution in [-0.2, 0) is 20.4 Å². The van der Waals surface area contributed by atoms with E-state index >= 15 is 0 Å². The van der Waals surface area contributed by atoms with Gasteiger partial charge in [-0.1, -0.05) is 90.1 Å². The standard InChI is InChI=1S/C34H46N2O6/c1-33(2,3)23-11-7-21(8-12-23)29(37)19-27(31(39)40)35-25-15-17-26(18-16-25)36-28(32(41)42)20-30(38)22-9-13-24(14-10-22)34(4,5)6/h7-14,25-28,35-36H,15-20H2,1-6H3,(H,39,40)(H,41,42). The summed E-state index contributed by atoms with van der Waals surface area (Å²) in [6.07, 6.45) is 2.22. The highest BCUT2D eigenvalue weighted by molar-refractivity contribution is 5.99. The third-order valence-corrected chi connectivity index (χ3v) is 8.12. The SMILES string of the molecule is CC(C)(C)c1ccc(C(=O)CC(NC2CCC(NC(CC(=O)c3ccc(C(C)(C)C)cc3)C(=O)O)CC2)C(=O)O)cc1. The maximum Gasteiger partial charge on any atom is 0.321 e. The summed E-state index contributed by atoms with van der Waals surface area (Å²) in [5.74, 6) is -2.61. The normalized spacial score (nSPS) is 19.1. The first kappa shape index (κ1) is 33.1. The first-order valence-corrected chi connectivity index (χ1v) is 14.8. The number of carbonyl (C=O) groups is 4. The highest BCUT2D eigenvalue weighted by atomic mass is 16.4. The molecular formula is C34H46N2O6. The number of ketones is 2. The molecule has 0 amide bonds. The van der Waals surface area contributed by atoms with Gasteiger partial charge in [-0.3, -0.25) is 19.2 Å². The quantitative estimate of drug-likeness (QED) is 0.242. The summed E-state index contributed by atoms with van der Waals surface area (Å²) < 4.78 is 0. The van der Waals surface area contributed by atoms with Crippen LogP contribution in [0.5, 0.6) is 0 Å². The molecule has 8 nitrogen and oxygen atoms in total. The van der Waals surface area contributed by atoms with Crippen molar-refractivity contribution in [1.29, 1.82) is 0 Å². The Morgan fingerprint density at radius 2 is 0.905 bits per heavy atom. The van der Waals surface area contributed by atoms with Crippen LogP contribution in [0.25, 0.3) is 0 Å². The number of aliphatic carboxylic acids is 2. The number of nitrogens with one attached hydrogen (secondary N) is 2. The Morgan fingerprint density at radius 1 is 0.619 bits per heavy atom. The molecule has 2 unspecified atom stereocenters. The molecule has 0 radical (unpaired) electrons. The van der Waals surface area contributed by atoms with Crippen LogP contribution >= 0.6 is 0 Å². The maximum atomic E-state index is 12.9. The van der Waals surface area contributed by atoms with E-state index in [4.69, 9.17) is 0 Å². The van der Waals surface area contributed by atoms with Crippen molar-refractivity contribution in [2.24, 2.45) is 0 Å². The minimum Gasteiger partial charge on any atom is -0.480 e. The van der Waals surface area contributed by atoms with Crippen LogP contribution < -0.4 is 10.6 Å². The number of Topliss-reactive ketones (excluding diaryl/α,β-unsaturated/α-hetero) is 2. The van der Waals surface area contributed by atoms with Crippen LogP contribution in [0.4, 0.5) is 0 Å². The average Bonchev–Trinajstić information content (AvgIpc) is 2.92. The monoisotopic (exact) mass is 578 g/mol. The zero-order valence-electron chi connectivity index (χ0n) is 25.7. The van der Waals surface area contributed by atoms with Crippen molar-refractivity contribution in [3.63, 3.8) is 0 Å². The molecule has 1 saturated carbocycles. The van der Waals surface area contributed by atoms with Gasteiger partial charge in [0.05, 0.1) is 0 Å². The van der Waals surface area contributed by atoms with Gasteiger partial charge in [0.2, 0.25) is 0 Å². The Bertz CT molecular complexity index is 1150. The van der Waals surface area contributed by atoms with Gasteiger partial charge in [-0.2, -0.15) is 0 Å². The molecule has 4 N–H and O–H groups in total. The maximum absolute atomic E-state index is 12.9. The minimum absolute atomic E-state index is 0.0428. The van der Waals surface area contributed by atoms with Gasteiger partial charge in [0.15, 0.2) is 11.6 Å². The van der Waals surface area contributed by atoms with E-state index in [1.54, 1.807) is 24.3 Å². The van der Waals surface area contributed by atoms with Crippen molar-refractivity contribution in [3.8, 4) is 0 Å². The molecule has 0 bridgehead atoms. The number of carboxylic acids is 2. The van der Waals surface area contributed by atoms with E-state index in [0.717, 1.165) is 11.1 Å². The minimum atomic E-state index is -1.07. The van der Waals surface area contributed by atoms with Gasteiger partial charge in [-0.25, -0.2) is 0 Å². The molecule has 1 aliphatic rings. The Labute approximate surface area is 249 Å². The zero-order chi connectivity index (χ0) is 31.2. The van der Waals surface area contributed by atoms with Gasteiger partial charge in [-0.05, 0) is 47.6 Å². The number of benzene rings is 2. The largest absolute Gasteiger partial charge is 0.480 e. The van der Waals surface area contributed by atoms with Crippen LogP contribution in [-0.4, -0.2) is 57.9 Å². The summed E-state index contributed by atoms with van der Waals surface area (Å²) in [4.78, 5) is 49.7. The van der Waals surface area contributed by atoms with Crippen molar-refractivity contribution < 1.29 is 29.4 Å². The molecule has 0 saturated heterocycles. The number of hydrogen-bond acceptors (Lipinski definition) is 6. The Morgan fingerprint density at radius 3 is 1.14 bits per heavy atom. The summed E-state index contributed by atoms with van der Waals surface area (Å²) in [5.41, 5.74) is 3.09. The lowest BCUT2D eigenvalue weighted by Gasteiger charge is -2.33. The van der Waals surface area contributed by atoms with Gasteiger partial charge < -0.3 is 20.8 Å². The molecule has 0 heterocycles. The molecular weight excluding hydrogens is 532 g/mol. The third kappa shape index (κ3) is 9.33. The smallest absolute Gasteiger partial charge is 0.321 e. The van der Waals surface area contributed by atoms with Crippen LogP contribution in [0.3, 0.4) is 0 Å². The van der Waals surface area contributed by atoms with E-state index in [1.165, 1.54) is 0 Å². The second-order valence-electron chi connectivity index (χ2n) is 13.6. The summed E-state index contributed by atoms with van der Waals surface area (Å²) in [5, 5.41) is 25.9. The fourth-order valence-corrected chi connectivity index (χ4v) is 5.35. The van der Waals surface area contributed by atoms with E-state index < -0.39 is 24.0 Å². The number of carboxylic acid groups (broad SMARTS) is 2. The van der Waals surface area contributed by atoms with Gasteiger partial charge in [-0.15, -0.1) is 0 Å². The van der Waals surface area contributed by atoms with Crippen LogP contribution in [0.1, 0.15) is 112 Å². The van der Waals surface area contributed by atoms with Gasteiger partial charge in [0.1, 0.15) is 12.1 Å². The van der Waals surface area contributed by atoms with Crippen LogP contribution in [0, 0.1) is 0 Å². The molecule has 42 heavy (non-hydrogen) atoms. The van der Waals surface area contributed by atoms with E-state index in [0.29, 0.717) is 36.8 Å². The molecule has 2 aromatic rings. The predicted molar refractivity (Wildman–Crippen MR) is 163 cm³/mol. The molecule has 2 atom stereocenters. The summed E-state index contributed by atoms with van der Waals surface area (Å²) >= 11 is 0. The van der Waals surface area contributed by atoms with E-state index in [-0.39, 0.29) is 47.3 Å². The number of hydrogen-bond donors (Lipinski definition) is 4. The first-order valence-electron chi connectivity index (χ1n) is 14.8. The molecule has 2 aromatic carbocycles. The average molecular weight is 579 g/mol. The highest BCUT2D eigenvalue weighted by Gasteiger charge is 2.31. The predicted octanol–water partition coefficient (Wildman–Crippen LogP) is 5.52. The van der Waals surface area contributed by atoms with Crippen LogP contribution in [0.15, 0.2) is 48.5 Å². The van der Waals surface area contributed by atoms with Crippen molar-refractivity contribution >= 4 is 23.5 Å². The lowest BCUT2D eigenvalue weighted by molar-refractivity contribution is -0.140. The molecule has 1 fully saturated rings. The van der Waals surface area contributed by atoms with Gasteiger partial charge in [0, 0.05) is 36.1 Å². The first-order chi connectivity index (χ1) is 19.5. The Balaban J connectivity index is 1.52. The van der Waals surface area contributed by atoms with Crippen molar-refractivity contribution in [1.82, 2.24) is 10.6 Å². The van der Waals surface area contributed by atoms with Gasteiger partial charge in [0.25, 0.3) is 0 Å². The van der Waals surface area contributed by atoms with Crippen LogP contribution in [0.2, 0.25) is 0 Å².